The summed E-state index contributed by atoms with van der Waals surface area (Å²) < 4.78 is 13.8. The van der Waals surface area contributed by atoms with E-state index in [4.69, 9.17) is 11.6 Å². The first-order valence-electron chi connectivity index (χ1n) is 6.13. The van der Waals surface area contributed by atoms with Gasteiger partial charge in [-0.2, -0.15) is 0 Å². The summed E-state index contributed by atoms with van der Waals surface area (Å²) in [6.45, 7) is 1.76. The maximum Gasteiger partial charge on any atom is 0.257 e. The Morgan fingerprint density at radius 3 is 2.70 bits per heavy atom. The zero-order valence-electron chi connectivity index (χ0n) is 11.2. The molecule has 0 saturated heterocycles. The van der Waals surface area contributed by atoms with E-state index in [9.17, 15) is 9.18 Å². The number of carbonyl (C=O) groups excluding carboxylic acids is 1. The van der Waals surface area contributed by atoms with Gasteiger partial charge in [-0.15, -0.1) is 0 Å². The minimum atomic E-state index is -0.403. The lowest BCUT2D eigenvalue weighted by atomic mass is 10.1. The van der Waals surface area contributed by atoms with Crippen LogP contribution in [-0.2, 0) is 0 Å². The quantitative estimate of drug-likeness (QED) is 0.864. The van der Waals surface area contributed by atoms with Crippen LogP contribution in [0.3, 0.4) is 0 Å². The molecule has 0 saturated carbocycles. The van der Waals surface area contributed by atoms with Crippen LogP contribution in [0.25, 0.3) is 0 Å². The van der Waals surface area contributed by atoms with Crippen LogP contribution in [0.1, 0.15) is 28.9 Å². The lowest BCUT2D eigenvalue weighted by Gasteiger charge is -2.26. The third-order valence-corrected chi connectivity index (χ3v) is 3.58. The van der Waals surface area contributed by atoms with Crippen molar-refractivity contribution in [2.45, 2.75) is 13.0 Å². The van der Waals surface area contributed by atoms with E-state index in [1.165, 1.54) is 23.4 Å². The number of halogens is 2. The maximum atomic E-state index is 13.8. The number of aromatic nitrogens is 1. The van der Waals surface area contributed by atoms with E-state index in [0.717, 1.165) is 0 Å². The van der Waals surface area contributed by atoms with Gasteiger partial charge in [-0.3, -0.25) is 9.78 Å². The number of hydrogen-bond donors (Lipinski definition) is 0. The summed E-state index contributed by atoms with van der Waals surface area (Å²) in [5.41, 5.74) is 0.767. The van der Waals surface area contributed by atoms with Gasteiger partial charge in [-0.1, -0.05) is 29.8 Å². The van der Waals surface area contributed by atoms with Crippen LogP contribution in [0.2, 0.25) is 5.02 Å². The standard InChI is InChI=1S/C15H14ClFN2O/c1-10(11-5-3-4-6-14(11)17)19(2)15(20)12-9-18-8-7-13(12)16/h3-10H,1-2H3. The first-order valence-corrected chi connectivity index (χ1v) is 6.51. The average Bonchev–Trinajstić information content (AvgIpc) is 2.46. The molecule has 0 fully saturated rings. The molecule has 1 heterocycles. The Kier molecular flexibility index (Phi) is 4.35. The normalized spacial score (nSPS) is 12.0. The third kappa shape index (κ3) is 2.80. The van der Waals surface area contributed by atoms with Crippen molar-refractivity contribution in [1.82, 2.24) is 9.88 Å². The van der Waals surface area contributed by atoms with E-state index in [-0.39, 0.29) is 11.7 Å². The number of nitrogens with zero attached hydrogens (tertiary/aromatic N) is 2. The van der Waals surface area contributed by atoms with Gasteiger partial charge in [0.2, 0.25) is 0 Å². The highest BCUT2D eigenvalue weighted by Crippen LogP contribution is 2.24. The van der Waals surface area contributed by atoms with Crippen molar-refractivity contribution in [3.8, 4) is 0 Å². The van der Waals surface area contributed by atoms with E-state index < -0.39 is 6.04 Å². The van der Waals surface area contributed by atoms with Crippen molar-refractivity contribution in [2.24, 2.45) is 0 Å². The molecule has 1 unspecified atom stereocenters. The SMILES string of the molecule is CC(c1ccccc1F)N(C)C(=O)c1cnccc1Cl. The molecule has 3 nitrogen and oxygen atoms in total. The van der Waals surface area contributed by atoms with Crippen LogP contribution in [0, 0.1) is 5.82 Å². The smallest absolute Gasteiger partial charge is 0.257 e. The molecular weight excluding hydrogens is 279 g/mol. The Morgan fingerprint density at radius 2 is 2.05 bits per heavy atom. The number of rotatable bonds is 3. The van der Waals surface area contributed by atoms with Crippen LogP contribution in [0.15, 0.2) is 42.7 Å². The zero-order chi connectivity index (χ0) is 14.7. The van der Waals surface area contributed by atoms with Gasteiger partial charge in [0, 0.05) is 25.0 Å². The molecule has 0 N–H and O–H groups in total. The monoisotopic (exact) mass is 292 g/mol. The molecule has 0 aliphatic carbocycles. The third-order valence-electron chi connectivity index (χ3n) is 3.25. The number of carbonyl (C=O) groups is 1. The Balaban J connectivity index is 2.28. The number of benzene rings is 1. The van der Waals surface area contributed by atoms with E-state index in [1.807, 2.05) is 0 Å². The summed E-state index contributed by atoms with van der Waals surface area (Å²) in [5, 5.41) is 0.331. The van der Waals surface area contributed by atoms with Gasteiger partial charge in [0.15, 0.2) is 0 Å². The first-order chi connectivity index (χ1) is 9.52. The van der Waals surface area contributed by atoms with Crippen molar-refractivity contribution in [1.29, 1.82) is 0 Å². The molecule has 1 aromatic heterocycles. The lowest BCUT2D eigenvalue weighted by Crippen LogP contribution is -2.30. The van der Waals surface area contributed by atoms with Gasteiger partial charge in [0.1, 0.15) is 5.82 Å². The highest BCUT2D eigenvalue weighted by molar-refractivity contribution is 6.33. The summed E-state index contributed by atoms with van der Waals surface area (Å²) in [7, 11) is 1.61. The molecule has 20 heavy (non-hydrogen) atoms. The second kappa shape index (κ2) is 6.01. The largest absolute Gasteiger partial charge is 0.335 e. The first kappa shape index (κ1) is 14.5. The Hall–Kier alpha value is -1.94. The second-order valence-corrected chi connectivity index (χ2v) is 4.88. The predicted molar refractivity (Wildman–Crippen MR) is 76.2 cm³/mol. The molecule has 0 radical (unpaired) electrons. The van der Waals surface area contributed by atoms with Gasteiger partial charge in [0.25, 0.3) is 5.91 Å². The molecule has 1 aromatic carbocycles. The van der Waals surface area contributed by atoms with Gasteiger partial charge in [-0.05, 0) is 19.1 Å². The molecule has 104 valence electrons. The molecule has 0 bridgehead atoms. The van der Waals surface area contributed by atoms with Gasteiger partial charge < -0.3 is 4.90 Å². The Morgan fingerprint density at radius 1 is 1.35 bits per heavy atom. The lowest BCUT2D eigenvalue weighted by molar-refractivity contribution is 0.0740. The minimum absolute atomic E-state index is 0.293. The number of amides is 1. The molecule has 5 heteroatoms. The molecular formula is C15H14ClFN2O. The van der Waals surface area contributed by atoms with Crippen LogP contribution >= 0.6 is 11.6 Å². The van der Waals surface area contributed by atoms with E-state index in [2.05, 4.69) is 4.98 Å². The van der Waals surface area contributed by atoms with Crippen LogP contribution < -0.4 is 0 Å². The fraction of sp³-hybridized carbons (Fsp3) is 0.200. The molecule has 1 atom stereocenters. The van der Waals surface area contributed by atoms with Crippen LogP contribution in [0.4, 0.5) is 4.39 Å². The van der Waals surface area contributed by atoms with Crippen molar-refractivity contribution in [3.05, 3.63) is 64.7 Å². The zero-order valence-corrected chi connectivity index (χ0v) is 11.9. The molecule has 2 rings (SSSR count). The summed E-state index contributed by atoms with van der Waals surface area (Å²) in [6.07, 6.45) is 2.93. The van der Waals surface area contributed by atoms with Crippen molar-refractivity contribution >= 4 is 17.5 Å². The molecule has 1 amide bonds. The Bertz CT molecular complexity index is 633. The summed E-state index contributed by atoms with van der Waals surface area (Å²) >= 11 is 5.98. The minimum Gasteiger partial charge on any atom is -0.335 e. The summed E-state index contributed by atoms with van der Waals surface area (Å²) in [6, 6.07) is 7.54. The second-order valence-electron chi connectivity index (χ2n) is 4.47. The van der Waals surface area contributed by atoms with Crippen LogP contribution in [-0.4, -0.2) is 22.8 Å². The van der Waals surface area contributed by atoms with Gasteiger partial charge >= 0.3 is 0 Å². The van der Waals surface area contributed by atoms with Gasteiger partial charge in [-0.25, -0.2) is 4.39 Å². The maximum absolute atomic E-state index is 13.8. The molecule has 2 aromatic rings. The van der Waals surface area contributed by atoms with Crippen molar-refractivity contribution in [3.63, 3.8) is 0 Å². The molecule has 0 aliphatic rings. The fourth-order valence-corrected chi connectivity index (χ4v) is 2.11. The summed E-state index contributed by atoms with van der Waals surface area (Å²) in [5.74, 6) is -0.629. The average molecular weight is 293 g/mol. The van der Waals surface area contributed by atoms with Crippen LogP contribution in [0.5, 0.6) is 0 Å². The van der Waals surface area contributed by atoms with E-state index >= 15 is 0 Å². The van der Waals surface area contributed by atoms with Crippen molar-refractivity contribution in [2.75, 3.05) is 7.05 Å². The van der Waals surface area contributed by atoms with Gasteiger partial charge in [0.05, 0.1) is 16.6 Å². The molecule has 0 aliphatic heterocycles. The van der Waals surface area contributed by atoms with Crippen molar-refractivity contribution < 1.29 is 9.18 Å². The highest BCUT2D eigenvalue weighted by Gasteiger charge is 2.22. The Labute approximate surface area is 122 Å². The molecule has 0 spiro atoms. The van der Waals surface area contributed by atoms with E-state index in [1.54, 1.807) is 38.2 Å². The topological polar surface area (TPSA) is 33.2 Å². The van der Waals surface area contributed by atoms with E-state index in [0.29, 0.717) is 16.1 Å². The fourth-order valence-electron chi connectivity index (χ4n) is 1.92. The summed E-state index contributed by atoms with van der Waals surface area (Å²) in [4.78, 5) is 17.7. The predicted octanol–water partition coefficient (Wildman–Crippen LogP) is 3.71. The number of hydrogen-bond acceptors (Lipinski definition) is 2. The highest BCUT2D eigenvalue weighted by atomic mass is 35.5. The number of pyridine rings is 1.